The van der Waals surface area contributed by atoms with Crippen molar-refractivity contribution in [3.8, 4) is 0 Å². The summed E-state index contributed by atoms with van der Waals surface area (Å²) in [5, 5.41) is 3.53. The summed E-state index contributed by atoms with van der Waals surface area (Å²) in [6.45, 7) is 6.41. The molecule has 2 heteroatoms. The molecule has 0 spiro atoms. The Labute approximate surface area is 130 Å². The first-order valence-electron chi connectivity index (χ1n) is 7.17. The van der Waals surface area contributed by atoms with Crippen molar-refractivity contribution in [1.82, 2.24) is 5.32 Å². The number of hydrogen-bond donors (Lipinski definition) is 1. The van der Waals surface area contributed by atoms with E-state index < -0.39 is 0 Å². The van der Waals surface area contributed by atoms with Crippen LogP contribution in [0.25, 0.3) is 0 Å². The van der Waals surface area contributed by atoms with Gasteiger partial charge in [-0.15, -0.1) is 0 Å². The van der Waals surface area contributed by atoms with E-state index in [2.05, 4.69) is 83.6 Å². The molecule has 0 aliphatic heterocycles. The second kappa shape index (κ2) is 7.61. The van der Waals surface area contributed by atoms with Crippen LogP contribution in [0.4, 0.5) is 0 Å². The van der Waals surface area contributed by atoms with Gasteiger partial charge < -0.3 is 5.32 Å². The third-order valence-electron chi connectivity index (χ3n) is 3.67. The Bertz CT molecular complexity index is 536. The Morgan fingerprint density at radius 3 is 2.55 bits per heavy atom. The van der Waals surface area contributed by atoms with Crippen molar-refractivity contribution in [3.05, 3.63) is 69.7 Å². The number of aryl methyl sites for hydroxylation is 1. The van der Waals surface area contributed by atoms with Crippen LogP contribution in [0.5, 0.6) is 0 Å². The van der Waals surface area contributed by atoms with E-state index in [0.717, 1.165) is 13.1 Å². The molecule has 0 radical (unpaired) electrons. The summed E-state index contributed by atoms with van der Waals surface area (Å²) in [4.78, 5) is 0. The lowest BCUT2D eigenvalue weighted by molar-refractivity contribution is 0.594. The average Bonchev–Trinajstić information content (AvgIpc) is 2.48. The van der Waals surface area contributed by atoms with E-state index in [1.54, 1.807) is 0 Å². The minimum Gasteiger partial charge on any atom is -0.313 e. The predicted molar refractivity (Wildman–Crippen MR) is 90.1 cm³/mol. The molecule has 0 aliphatic carbocycles. The van der Waals surface area contributed by atoms with Crippen LogP contribution >= 0.6 is 15.9 Å². The molecule has 0 fully saturated rings. The molecular formula is C18H22BrN. The number of rotatable bonds is 6. The van der Waals surface area contributed by atoms with Gasteiger partial charge in [-0.2, -0.15) is 0 Å². The summed E-state index contributed by atoms with van der Waals surface area (Å²) in [6.07, 6.45) is 1.17. The zero-order valence-corrected chi connectivity index (χ0v) is 13.8. The quantitative estimate of drug-likeness (QED) is 0.731. The Kier molecular flexibility index (Phi) is 5.81. The van der Waals surface area contributed by atoms with Gasteiger partial charge in [0.25, 0.3) is 0 Å². The molecule has 2 rings (SSSR count). The molecule has 0 saturated heterocycles. The van der Waals surface area contributed by atoms with Gasteiger partial charge in [0.2, 0.25) is 0 Å². The van der Waals surface area contributed by atoms with E-state index >= 15 is 0 Å². The highest BCUT2D eigenvalue weighted by Gasteiger charge is 2.04. The number of hydrogen-bond acceptors (Lipinski definition) is 1. The standard InChI is InChI=1S/C18H22BrN/c1-14(17-6-4-3-5-7-17)10-11-20-13-16-8-9-18(19)15(2)12-16/h3-9,12,14,20H,10-11,13H2,1-2H3. The van der Waals surface area contributed by atoms with E-state index in [1.807, 2.05) is 0 Å². The van der Waals surface area contributed by atoms with E-state index in [4.69, 9.17) is 0 Å². The van der Waals surface area contributed by atoms with Crippen molar-refractivity contribution >= 4 is 15.9 Å². The van der Waals surface area contributed by atoms with Crippen LogP contribution in [0.1, 0.15) is 36.0 Å². The minimum atomic E-state index is 0.607. The topological polar surface area (TPSA) is 12.0 Å². The molecule has 0 saturated carbocycles. The minimum absolute atomic E-state index is 0.607. The second-order valence-corrected chi connectivity index (χ2v) is 6.22. The van der Waals surface area contributed by atoms with Crippen molar-refractivity contribution in [2.24, 2.45) is 0 Å². The zero-order chi connectivity index (χ0) is 14.4. The third-order valence-corrected chi connectivity index (χ3v) is 4.56. The van der Waals surface area contributed by atoms with Gasteiger partial charge in [-0.1, -0.05) is 65.3 Å². The maximum atomic E-state index is 3.54. The fourth-order valence-corrected chi connectivity index (χ4v) is 2.56. The van der Waals surface area contributed by atoms with Gasteiger partial charge in [0, 0.05) is 11.0 Å². The highest BCUT2D eigenvalue weighted by molar-refractivity contribution is 9.10. The smallest absolute Gasteiger partial charge is 0.0205 e. The van der Waals surface area contributed by atoms with E-state index in [9.17, 15) is 0 Å². The number of nitrogens with one attached hydrogen (secondary N) is 1. The molecule has 1 atom stereocenters. The number of halogens is 1. The number of benzene rings is 2. The zero-order valence-electron chi connectivity index (χ0n) is 12.2. The van der Waals surface area contributed by atoms with E-state index in [-0.39, 0.29) is 0 Å². The molecule has 1 nitrogen and oxygen atoms in total. The summed E-state index contributed by atoms with van der Waals surface area (Å²) in [5.74, 6) is 0.607. The summed E-state index contributed by atoms with van der Waals surface area (Å²) < 4.78 is 1.18. The highest BCUT2D eigenvalue weighted by atomic mass is 79.9. The SMILES string of the molecule is Cc1cc(CNCCC(C)c2ccccc2)ccc1Br. The molecule has 106 valence electrons. The molecule has 0 aromatic heterocycles. The van der Waals surface area contributed by atoms with Gasteiger partial charge in [-0.3, -0.25) is 0 Å². The van der Waals surface area contributed by atoms with Crippen LogP contribution in [0.3, 0.4) is 0 Å². The Morgan fingerprint density at radius 1 is 1.10 bits per heavy atom. The van der Waals surface area contributed by atoms with Gasteiger partial charge in [-0.25, -0.2) is 0 Å². The largest absolute Gasteiger partial charge is 0.313 e. The van der Waals surface area contributed by atoms with Crippen molar-refractivity contribution in [2.75, 3.05) is 6.54 Å². The molecule has 1 unspecified atom stereocenters. The van der Waals surface area contributed by atoms with Crippen LogP contribution in [0.15, 0.2) is 53.0 Å². The van der Waals surface area contributed by atoms with Gasteiger partial charge in [0.1, 0.15) is 0 Å². The van der Waals surface area contributed by atoms with Crippen LogP contribution < -0.4 is 5.32 Å². The van der Waals surface area contributed by atoms with Gasteiger partial charge in [-0.05, 0) is 48.6 Å². The van der Waals surface area contributed by atoms with Crippen LogP contribution in [-0.4, -0.2) is 6.54 Å². The van der Waals surface area contributed by atoms with Crippen LogP contribution in [0, 0.1) is 6.92 Å². The molecule has 0 heterocycles. The maximum absolute atomic E-state index is 3.54. The first-order chi connectivity index (χ1) is 9.66. The summed E-state index contributed by atoms with van der Waals surface area (Å²) in [6, 6.07) is 17.3. The molecule has 0 aliphatic rings. The lowest BCUT2D eigenvalue weighted by Crippen LogP contribution is -2.16. The average molecular weight is 332 g/mol. The van der Waals surface area contributed by atoms with Gasteiger partial charge >= 0.3 is 0 Å². The normalized spacial score (nSPS) is 12.3. The molecular weight excluding hydrogens is 310 g/mol. The molecule has 0 bridgehead atoms. The van der Waals surface area contributed by atoms with Crippen LogP contribution in [-0.2, 0) is 6.54 Å². The molecule has 1 N–H and O–H groups in total. The Hall–Kier alpha value is -1.12. The van der Waals surface area contributed by atoms with Crippen LogP contribution in [0.2, 0.25) is 0 Å². The highest BCUT2D eigenvalue weighted by Crippen LogP contribution is 2.18. The molecule has 20 heavy (non-hydrogen) atoms. The first kappa shape index (κ1) is 15.3. The monoisotopic (exact) mass is 331 g/mol. The molecule has 2 aromatic rings. The van der Waals surface area contributed by atoms with Crippen molar-refractivity contribution < 1.29 is 0 Å². The fourth-order valence-electron chi connectivity index (χ4n) is 2.32. The van der Waals surface area contributed by atoms with Crippen molar-refractivity contribution in [2.45, 2.75) is 32.7 Å². The lowest BCUT2D eigenvalue weighted by Gasteiger charge is -2.12. The summed E-state index contributed by atoms with van der Waals surface area (Å²) in [5.41, 5.74) is 4.06. The Balaban J connectivity index is 1.75. The third kappa shape index (κ3) is 4.46. The molecule has 0 amide bonds. The van der Waals surface area contributed by atoms with E-state index in [0.29, 0.717) is 5.92 Å². The summed E-state index contributed by atoms with van der Waals surface area (Å²) in [7, 11) is 0. The van der Waals surface area contributed by atoms with Gasteiger partial charge in [0.15, 0.2) is 0 Å². The summed E-state index contributed by atoms with van der Waals surface area (Å²) >= 11 is 3.54. The Morgan fingerprint density at radius 2 is 1.85 bits per heavy atom. The van der Waals surface area contributed by atoms with Crippen molar-refractivity contribution in [3.63, 3.8) is 0 Å². The fraction of sp³-hybridized carbons (Fsp3) is 0.333. The van der Waals surface area contributed by atoms with E-state index in [1.165, 1.54) is 27.6 Å². The van der Waals surface area contributed by atoms with Crippen molar-refractivity contribution in [1.29, 1.82) is 0 Å². The lowest BCUT2D eigenvalue weighted by atomic mass is 9.98. The van der Waals surface area contributed by atoms with Gasteiger partial charge in [0.05, 0.1) is 0 Å². The predicted octanol–water partition coefficient (Wildman–Crippen LogP) is 5.04. The maximum Gasteiger partial charge on any atom is 0.0205 e. The second-order valence-electron chi connectivity index (χ2n) is 5.36. The molecule has 2 aromatic carbocycles. The first-order valence-corrected chi connectivity index (χ1v) is 7.97.